The molecule has 1 rings (SSSR count). The maximum absolute atomic E-state index is 11.5. The normalized spacial score (nSPS) is 12.4. The van der Waals surface area contributed by atoms with E-state index in [1.54, 1.807) is 12.1 Å². The van der Waals surface area contributed by atoms with Crippen molar-refractivity contribution >= 4 is 31.5 Å². The molecule has 6 heteroatoms. The summed E-state index contributed by atoms with van der Waals surface area (Å²) in [6, 6.07) is 4.80. The molecule has 0 saturated carbocycles. The van der Waals surface area contributed by atoms with Gasteiger partial charge in [-0.1, -0.05) is 27.7 Å². The lowest BCUT2D eigenvalue weighted by molar-refractivity contribution is 0.309. The van der Waals surface area contributed by atoms with Crippen LogP contribution in [-0.2, 0) is 14.5 Å². The summed E-state index contributed by atoms with van der Waals surface area (Å²) >= 11 is 1.88. The highest BCUT2D eigenvalue weighted by Crippen LogP contribution is 2.34. The van der Waals surface area contributed by atoms with Gasteiger partial charge in [0.05, 0.1) is 11.5 Å². The van der Waals surface area contributed by atoms with E-state index in [4.69, 9.17) is 15.4 Å². The Labute approximate surface area is 136 Å². The standard InChI is InChI=1S/C15H23ClO3S2/c1-5-20-10-6-9-19-14-8-7-12(21(16,17)18)11-13(14)15(2,3)4/h7-8,11H,5-6,9-10H2,1-4H3. The molecule has 0 heterocycles. The van der Waals surface area contributed by atoms with Crippen LogP contribution in [-0.4, -0.2) is 26.5 Å². The summed E-state index contributed by atoms with van der Waals surface area (Å²) in [5.74, 6) is 2.90. The van der Waals surface area contributed by atoms with E-state index in [1.165, 1.54) is 6.07 Å². The topological polar surface area (TPSA) is 43.4 Å². The number of hydrogen-bond donors (Lipinski definition) is 0. The van der Waals surface area contributed by atoms with Crippen molar-refractivity contribution in [3.05, 3.63) is 23.8 Å². The Morgan fingerprint density at radius 2 is 1.95 bits per heavy atom. The Hall–Kier alpha value is -0.390. The van der Waals surface area contributed by atoms with Crippen molar-refractivity contribution in [2.24, 2.45) is 0 Å². The molecule has 0 aromatic heterocycles. The highest BCUT2D eigenvalue weighted by atomic mass is 35.7. The molecule has 0 aliphatic rings. The number of benzene rings is 1. The number of ether oxygens (including phenoxy) is 1. The largest absolute Gasteiger partial charge is 0.493 e. The van der Waals surface area contributed by atoms with E-state index in [0.29, 0.717) is 6.61 Å². The van der Waals surface area contributed by atoms with Crippen LogP contribution in [0.25, 0.3) is 0 Å². The van der Waals surface area contributed by atoms with Crippen LogP contribution in [0.5, 0.6) is 5.75 Å². The fraction of sp³-hybridized carbons (Fsp3) is 0.600. The number of halogens is 1. The number of hydrogen-bond acceptors (Lipinski definition) is 4. The Morgan fingerprint density at radius 1 is 1.29 bits per heavy atom. The molecule has 0 aliphatic heterocycles. The highest BCUT2D eigenvalue weighted by molar-refractivity contribution is 8.13. The predicted molar refractivity (Wildman–Crippen MR) is 91.3 cm³/mol. The van der Waals surface area contributed by atoms with E-state index in [-0.39, 0.29) is 10.3 Å². The molecule has 3 nitrogen and oxygen atoms in total. The third-order valence-corrected chi connectivity index (χ3v) is 5.27. The fourth-order valence-corrected chi connectivity index (χ4v) is 3.25. The monoisotopic (exact) mass is 350 g/mol. The van der Waals surface area contributed by atoms with Gasteiger partial charge in [0.1, 0.15) is 5.75 Å². The number of thioether (sulfide) groups is 1. The van der Waals surface area contributed by atoms with E-state index >= 15 is 0 Å². The van der Waals surface area contributed by atoms with Crippen LogP contribution in [0.2, 0.25) is 0 Å². The minimum absolute atomic E-state index is 0.114. The van der Waals surface area contributed by atoms with Crippen LogP contribution in [0, 0.1) is 0 Å². The minimum atomic E-state index is -3.72. The summed E-state index contributed by atoms with van der Waals surface area (Å²) in [4.78, 5) is 0.114. The summed E-state index contributed by atoms with van der Waals surface area (Å²) in [5.41, 5.74) is 0.637. The summed E-state index contributed by atoms with van der Waals surface area (Å²) < 4.78 is 28.8. The first-order chi connectivity index (χ1) is 9.66. The second-order valence-electron chi connectivity index (χ2n) is 5.74. The van der Waals surface area contributed by atoms with Crippen LogP contribution >= 0.6 is 22.4 Å². The van der Waals surface area contributed by atoms with Crippen LogP contribution in [0.4, 0.5) is 0 Å². The Morgan fingerprint density at radius 3 is 2.48 bits per heavy atom. The smallest absolute Gasteiger partial charge is 0.261 e. The van der Waals surface area contributed by atoms with Gasteiger partial charge in [-0.05, 0) is 41.5 Å². The van der Waals surface area contributed by atoms with Gasteiger partial charge >= 0.3 is 0 Å². The van der Waals surface area contributed by atoms with Crippen LogP contribution in [0.3, 0.4) is 0 Å². The fourth-order valence-electron chi connectivity index (χ4n) is 1.86. The first-order valence-electron chi connectivity index (χ1n) is 6.96. The highest BCUT2D eigenvalue weighted by Gasteiger charge is 2.22. The van der Waals surface area contributed by atoms with Gasteiger partial charge in [-0.2, -0.15) is 11.8 Å². The Kier molecular flexibility index (Phi) is 6.88. The first-order valence-corrected chi connectivity index (χ1v) is 10.4. The van der Waals surface area contributed by atoms with E-state index < -0.39 is 9.05 Å². The lowest BCUT2D eigenvalue weighted by Gasteiger charge is -2.23. The van der Waals surface area contributed by atoms with Gasteiger partial charge in [-0.3, -0.25) is 0 Å². The third-order valence-electron chi connectivity index (χ3n) is 2.94. The average molecular weight is 351 g/mol. The molecule has 0 saturated heterocycles. The summed E-state index contributed by atoms with van der Waals surface area (Å²) in [6.45, 7) is 8.82. The maximum atomic E-state index is 11.5. The molecule has 0 fully saturated rings. The number of rotatable bonds is 7. The van der Waals surface area contributed by atoms with Gasteiger partial charge in [0.15, 0.2) is 0 Å². The second kappa shape index (κ2) is 7.75. The lowest BCUT2D eigenvalue weighted by atomic mass is 9.86. The molecule has 120 valence electrons. The van der Waals surface area contributed by atoms with Crippen molar-refractivity contribution in [2.45, 2.75) is 44.4 Å². The van der Waals surface area contributed by atoms with Crippen LogP contribution < -0.4 is 4.74 Å². The quantitative estimate of drug-likeness (QED) is 0.538. The summed E-state index contributed by atoms with van der Waals surface area (Å²) in [7, 11) is 1.70. The van der Waals surface area contributed by atoms with Crippen LogP contribution in [0.1, 0.15) is 39.7 Å². The van der Waals surface area contributed by atoms with Gasteiger partial charge < -0.3 is 4.74 Å². The van der Waals surface area contributed by atoms with Crippen molar-refractivity contribution in [3.63, 3.8) is 0 Å². The molecule has 0 bridgehead atoms. The molecular weight excluding hydrogens is 328 g/mol. The van der Waals surface area contributed by atoms with Crippen molar-refractivity contribution in [2.75, 3.05) is 18.1 Å². The molecule has 0 spiro atoms. The van der Waals surface area contributed by atoms with Gasteiger partial charge in [0, 0.05) is 16.2 Å². The van der Waals surface area contributed by atoms with Gasteiger partial charge in [-0.15, -0.1) is 0 Å². The van der Waals surface area contributed by atoms with Gasteiger partial charge in [-0.25, -0.2) is 8.42 Å². The Bertz CT molecular complexity index is 563. The second-order valence-corrected chi connectivity index (χ2v) is 9.70. The molecule has 0 radical (unpaired) electrons. The minimum Gasteiger partial charge on any atom is -0.493 e. The van der Waals surface area contributed by atoms with Gasteiger partial charge in [0.25, 0.3) is 9.05 Å². The molecule has 1 aromatic carbocycles. The average Bonchev–Trinajstić information content (AvgIpc) is 2.36. The molecule has 0 amide bonds. The lowest BCUT2D eigenvalue weighted by Crippen LogP contribution is -2.15. The SMILES string of the molecule is CCSCCCOc1ccc(S(=O)(=O)Cl)cc1C(C)(C)C. The molecular formula is C15H23ClO3S2. The third kappa shape index (κ3) is 6.09. The van der Waals surface area contributed by atoms with E-state index in [0.717, 1.165) is 29.2 Å². The zero-order valence-corrected chi connectivity index (χ0v) is 15.4. The van der Waals surface area contributed by atoms with Gasteiger partial charge in [0.2, 0.25) is 0 Å². The maximum Gasteiger partial charge on any atom is 0.261 e. The van der Waals surface area contributed by atoms with E-state index in [2.05, 4.69) is 6.92 Å². The summed E-state index contributed by atoms with van der Waals surface area (Å²) in [6.07, 6.45) is 0.970. The van der Waals surface area contributed by atoms with Crippen molar-refractivity contribution in [3.8, 4) is 5.75 Å². The molecule has 1 aromatic rings. The zero-order valence-electron chi connectivity index (χ0n) is 13.0. The van der Waals surface area contributed by atoms with Crippen molar-refractivity contribution in [1.82, 2.24) is 0 Å². The molecule has 21 heavy (non-hydrogen) atoms. The molecule has 0 atom stereocenters. The van der Waals surface area contributed by atoms with E-state index in [1.807, 2.05) is 32.5 Å². The molecule has 0 aliphatic carbocycles. The van der Waals surface area contributed by atoms with Crippen molar-refractivity contribution < 1.29 is 13.2 Å². The van der Waals surface area contributed by atoms with Crippen LogP contribution in [0.15, 0.2) is 23.1 Å². The molecule has 0 unspecified atom stereocenters. The Balaban J connectivity index is 2.93. The molecule has 0 N–H and O–H groups in total. The summed E-state index contributed by atoms with van der Waals surface area (Å²) in [5, 5.41) is 0. The predicted octanol–water partition coefficient (Wildman–Crippen LogP) is 4.43. The van der Waals surface area contributed by atoms with E-state index in [9.17, 15) is 8.42 Å². The van der Waals surface area contributed by atoms with Crippen molar-refractivity contribution in [1.29, 1.82) is 0 Å². The first kappa shape index (κ1) is 18.7. The zero-order chi connectivity index (χ0) is 16.1.